The Hall–Kier alpha value is -0.770. The molecule has 1 rings (SSSR count). The van der Waals surface area contributed by atoms with Gasteiger partial charge in [0.25, 0.3) is 0 Å². The van der Waals surface area contributed by atoms with E-state index in [-0.39, 0.29) is 0 Å². The van der Waals surface area contributed by atoms with E-state index in [1.54, 1.807) is 0 Å². The van der Waals surface area contributed by atoms with Gasteiger partial charge in [0, 0.05) is 0 Å². The van der Waals surface area contributed by atoms with Crippen molar-refractivity contribution in [3.8, 4) is 0 Å². The largest absolute Gasteiger partial charge is 0.450 e. The van der Waals surface area contributed by atoms with Gasteiger partial charge in [0.1, 0.15) is 0 Å². The zero-order valence-corrected chi connectivity index (χ0v) is 7.21. The molecule has 0 aromatic heterocycles. The van der Waals surface area contributed by atoms with Crippen molar-refractivity contribution in [1.29, 1.82) is 0 Å². The van der Waals surface area contributed by atoms with Gasteiger partial charge in [0.05, 0.1) is 6.61 Å². The van der Waals surface area contributed by atoms with Gasteiger partial charge in [-0.15, -0.1) is 0 Å². The zero-order valence-electron chi connectivity index (χ0n) is 7.21. The fraction of sp³-hybridized carbons (Fsp3) is 0.875. The molecule has 0 saturated carbocycles. The molecule has 1 aliphatic heterocycles. The minimum absolute atomic E-state index is 0.464. The molecule has 4 nitrogen and oxygen atoms in total. The smallest absolute Gasteiger partial charge is 0.404 e. The number of hydrogen-bond donors (Lipinski definition) is 2. The fourth-order valence-corrected chi connectivity index (χ4v) is 1.51. The molecule has 12 heavy (non-hydrogen) atoms. The van der Waals surface area contributed by atoms with Gasteiger partial charge in [-0.3, -0.25) is 0 Å². The van der Waals surface area contributed by atoms with Gasteiger partial charge in [-0.2, -0.15) is 0 Å². The van der Waals surface area contributed by atoms with Crippen molar-refractivity contribution in [3.05, 3.63) is 0 Å². The number of primary amides is 1. The lowest BCUT2D eigenvalue weighted by atomic mass is 10.0. The summed E-state index contributed by atoms with van der Waals surface area (Å²) in [7, 11) is 0. The molecule has 70 valence electrons. The SMILES string of the molecule is NC(=O)OCCCC1CCNC1. The van der Waals surface area contributed by atoms with Crippen molar-refractivity contribution in [2.75, 3.05) is 19.7 Å². The minimum atomic E-state index is -0.667. The Balaban J connectivity index is 1.91. The Kier molecular flexibility index (Phi) is 3.87. The third-order valence-corrected chi connectivity index (χ3v) is 2.16. The van der Waals surface area contributed by atoms with Gasteiger partial charge in [-0.05, 0) is 38.3 Å². The van der Waals surface area contributed by atoms with Crippen molar-refractivity contribution in [2.24, 2.45) is 11.7 Å². The van der Waals surface area contributed by atoms with Crippen molar-refractivity contribution in [2.45, 2.75) is 19.3 Å². The van der Waals surface area contributed by atoms with Gasteiger partial charge in [0.15, 0.2) is 0 Å². The van der Waals surface area contributed by atoms with Crippen molar-refractivity contribution in [1.82, 2.24) is 5.32 Å². The molecule has 0 aromatic carbocycles. The van der Waals surface area contributed by atoms with E-state index in [0.29, 0.717) is 6.61 Å². The summed E-state index contributed by atoms with van der Waals surface area (Å²) < 4.78 is 4.62. The second kappa shape index (κ2) is 4.98. The van der Waals surface area contributed by atoms with E-state index in [1.807, 2.05) is 0 Å². The van der Waals surface area contributed by atoms with Gasteiger partial charge in [0.2, 0.25) is 0 Å². The first-order valence-corrected chi connectivity index (χ1v) is 4.42. The quantitative estimate of drug-likeness (QED) is 0.606. The maximum atomic E-state index is 10.2. The molecule has 1 amide bonds. The molecular formula is C8H16N2O2. The number of hydrogen-bond acceptors (Lipinski definition) is 3. The normalized spacial score (nSPS) is 22.5. The number of nitrogens with two attached hydrogens (primary N) is 1. The van der Waals surface area contributed by atoms with E-state index in [9.17, 15) is 4.79 Å². The third-order valence-electron chi connectivity index (χ3n) is 2.16. The van der Waals surface area contributed by atoms with Crippen LogP contribution in [0, 0.1) is 5.92 Å². The van der Waals surface area contributed by atoms with Crippen LogP contribution in [0.15, 0.2) is 0 Å². The summed E-state index contributed by atoms with van der Waals surface area (Å²) in [6, 6.07) is 0. The molecule has 1 unspecified atom stereocenters. The summed E-state index contributed by atoms with van der Waals surface area (Å²) in [6.07, 6.45) is 2.63. The highest BCUT2D eigenvalue weighted by atomic mass is 16.5. The van der Waals surface area contributed by atoms with Crippen LogP contribution in [0.2, 0.25) is 0 Å². The highest BCUT2D eigenvalue weighted by Crippen LogP contribution is 2.13. The van der Waals surface area contributed by atoms with E-state index in [1.165, 1.54) is 6.42 Å². The van der Waals surface area contributed by atoms with E-state index in [0.717, 1.165) is 31.8 Å². The van der Waals surface area contributed by atoms with E-state index in [2.05, 4.69) is 10.1 Å². The number of amides is 1. The van der Waals surface area contributed by atoms with E-state index < -0.39 is 6.09 Å². The van der Waals surface area contributed by atoms with Crippen LogP contribution in [-0.4, -0.2) is 25.8 Å². The first-order chi connectivity index (χ1) is 5.79. The Morgan fingerprint density at radius 3 is 3.08 bits per heavy atom. The molecule has 0 radical (unpaired) electrons. The van der Waals surface area contributed by atoms with Crippen LogP contribution in [0.5, 0.6) is 0 Å². The number of nitrogens with one attached hydrogen (secondary N) is 1. The van der Waals surface area contributed by atoms with Crippen LogP contribution in [-0.2, 0) is 4.74 Å². The van der Waals surface area contributed by atoms with Crippen LogP contribution in [0.4, 0.5) is 4.79 Å². The summed E-state index contributed by atoms with van der Waals surface area (Å²) >= 11 is 0. The highest BCUT2D eigenvalue weighted by Gasteiger charge is 2.13. The molecule has 0 bridgehead atoms. The molecule has 1 heterocycles. The molecule has 3 N–H and O–H groups in total. The molecule has 0 spiro atoms. The number of ether oxygens (including phenoxy) is 1. The summed E-state index contributed by atoms with van der Waals surface area (Å²) in [5.41, 5.74) is 4.81. The first kappa shape index (κ1) is 9.32. The van der Waals surface area contributed by atoms with Crippen LogP contribution in [0.3, 0.4) is 0 Å². The molecular weight excluding hydrogens is 156 g/mol. The zero-order chi connectivity index (χ0) is 8.81. The summed E-state index contributed by atoms with van der Waals surface area (Å²) in [4.78, 5) is 10.2. The van der Waals surface area contributed by atoms with E-state index >= 15 is 0 Å². The monoisotopic (exact) mass is 172 g/mol. The molecule has 1 aliphatic rings. The molecule has 4 heteroatoms. The average molecular weight is 172 g/mol. The van der Waals surface area contributed by atoms with Crippen LogP contribution in [0.1, 0.15) is 19.3 Å². The second-order valence-corrected chi connectivity index (χ2v) is 3.17. The number of rotatable bonds is 4. The maximum absolute atomic E-state index is 10.2. The lowest BCUT2D eigenvalue weighted by Gasteiger charge is -2.06. The minimum Gasteiger partial charge on any atom is -0.450 e. The van der Waals surface area contributed by atoms with Crippen LogP contribution < -0.4 is 11.1 Å². The Morgan fingerprint density at radius 1 is 1.67 bits per heavy atom. The highest BCUT2D eigenvalue weighted by molar-refractivity contribution is 5.64. The first-order valence-electron chi connectivity index (χ1n) is 4.42. The summed E-state index contributed by atoms with van der Waals surface area (Å²) in [5, 5.41) is 3.29. The number of carbonyl (C=O) groups is 1. The van der Waals surface area contributed by atoms with Crippen molar-refractivity contribution >= 4 is 6.09 Å². The molecule has 0 aliphatic carbocycles. The van der Waals surface area contributed by atoms with Crippen LogP contribution in [0.25, 0.3) is 0 Å². The lowest BCUT2D eigenvalue weighted by Crippen LogP contribution is -2.14. The van der Waals surface area contributed by atoms with Gasteiger partial charge >= 0.3 is 6.09 Å². The predicted octanol–water partition coefficient (Wildman–Crippen LogP) is 0.471. The molecule has 1 saturated heterocycles. The fourth-order valence-electron chi connectivity index (χ4n) is 1.51. The van der Waals surface area contributed by atoms with Gasteiger partial charge in [-0.1, -0.05) is 0 Å². The topological polar surface area (TPSA) is 64.4 Å². The van der Waals surface area contributed by atoms with Crippen molar-refractivity contribution in [3.63, 3.8) is 0 Å². The Labute approximate surface area is 72.5 Å². The Morgan fingerprint density at radius 2 is 2.50 bits per heavy atom. The predicted molar refractivity (Wildman–Crippen MR) is 45.7 cm³/mol. The third kappa shape index (κ3) is 3.57. The summed E-state index contributed by atoms with van der Waals surface area (Å²) in [5.74, 6) is 0.765. The molecule has 0 aromatic rings. The van der Waals surface area contributed by atoms with Gasteiger partial charge in [-0.25, -0.2) is 4.79 Å². The lowest BCUT2D eigenvalue weighted by molar-refractivity contribution is 0.153. The van der Waals surface area contributed by atoms with Crippen molar-refractivity contribution < 1.29 is 9.53 Å². The molecule has 1 fully saturated rings. The average Bonchev–Trinajstić information content (AvgIpc) is 2.49. The van der Waals surface area contributed by atoms with Crippen LogP contribution >= 0.6 is 0 Å². The van der Waals surface area contributed by atoms with E-state index in [4.69, 9.17) is 5.73 Å². The van der Waals surface area contributed by atoms with Gasteiger partial charge < -0.3 is 15.8 Å². The standard InChI is InChI=1S/C8H16N2O2/c9-8(11)12-5-1-2-7-3-4-10-6-7/h7,10H,1-6H2,(H2,9,11). The second-order valence-electron chi connectivity index (χ2n) is 3.17. The maximum Gasteiger partial charge on any atom is 0.404 e. The summed E-state index contributed by atoms with van der Waals surface area (Å²) in [6.45, 7) is 2.70. The Bertz CT molecular complexity index is 144. The number of carbonyl (C=O) groups excluding carboxylic acids is 1. The molecule has 1 atom stereocenters.